The maximum atomic E-state index is 11.8. The van der Waals surface area contributed by atoms with Crippen molar-refractivity contribution in [3.05, 3.63) is 39.9 Å². The maximum absolute atomic E-state index is 11.8. The van der Waals surface area contributed by atoms with Crippen LogP contribution in [0.5, 0.6) is 0 Å². The van der Waals surface area contributed by atoms with Gasteiger partial charge in [-0.25, -0.2) is 0 Å². The minimum absolute atomic E-state index is 0.0153. The predicted octanol–water partition coefficient (Wildman–Crippen LogP) is 2.37. The second kappa shape index (κ2) is 7.73. The van der Waals surface area contributed by atoms with E-state index in [1.54, 1.807) is 12.1 Å². The molecule has 0 aliphatic carbocycles. The number of nitrogens with two attached hydrogens (primary N) is 1. The number of amides is 1. The first-order valence-corrected chi connectivity index (χ1v) is 7.04. The number of nitro groups is 1. The van der Waals surface area contributed by atoms with Crippen molar-refractivity contribution in [3.8, 4) is 0 Å². The van der Waals surface area contributed by atoms with Gasteiger partial charge in [-0.15, -0.1) is 0 Å². The van der Waals surface area contributed by atoms with Gasteiger partial charge in [-0.2, -0.15) is 0 Å². The van der Waals surface area contributed by atoms with Crippen LogP contribution >= 0.6 is 0 Å². The Balaban J connectivity index is 2.37. The van der Waals surface area contributed by atoms with Gasteiger partial charge < -0.3 is 11.1 Å². The molecule has 0 saturated heterocycles. The van der Waals surface area contributed by atoms with Gasteiger partial charge in [0.15, 0.2) is 0 Å². The van der Waals surface area contributed by atoms with E-state index in [-0.39, 0.29) is 17.0 Å². The molecule has 1 rings (SSSR count). The number of carbonyl (C=O) groups excluding carboxylic acids is 1. The largest absolute Gasteiger partial charge is 0.352 e. The first-order valence-electron chi connectivity index (χ1n) is 7.04. The van der Waals surface area contributed by atoms with Crippen LogP contribution in [0.3, 0.4) is 0 Å². The summed E-state index contributed by atoms with van der Waals surface area (Å²) in [5, 5.41) is 13.4. The summed E-state index contributed by atoms with van der Waals surface area (Å²) in [5.74, 6) is -0.0153. The quantitative estimate of drug-likeness (QED) is 0.568. The summed E-state index contributed by atoms with van der Waals surface area (Å²) in [6.07, 6.45) is 2.14. The molecule has 116 valence electrons. The highest BCUT2D eigenvalue weighted by atomic mass is 16.6. The number of nitrogens with zero attached hydrogens (tertiary/aromatic N) is 1. The molecule has 0 spiro atoms. The fourth-order valence-electron chi connectivity index (χ4n) is 1.99. The summed E-state index contributed by atoms with van der Waals surface area (Å²) < 4.78 is 0. The Morgan fingerprint density at radius 1 is 1.29 bits per heavy atom. The maximum Gasteiger partial charge on any atom is 0.269 e. The Morgan fingerprint density at radius 2 is 1.90 bits per heavy atom. The molecule has 3 N–H and O–H groups in total. The lowest BCUT2D eigenvalue weighted by Gasteiger charge is -2.23. The highest BCUT2D eigenvalue weighted by molar-refractivity contribution is 5.75. The number of hydrogen-bond acceptors (Lipinski definition) is 4. The molecular formula is C15H23N3O3. The Bertz CT molecular complexity index is 483. The van der Waals surface area contributed by atoms with Crippen LogP contribution in [0.15, 0.2) is 24.3 Å². The molecule has 0 unspecified atom stereocenters. The van der Waals surface area contributed by atoms with Gasteiger partial charge in [-0.1, -0.05) is 26.0 Å². The van der Waals surface area contributed by atoms with Crippen LogP contribution < -0.4 is 11.1 Å². The predicted molar refractivity (Wildman–Crippen MR) is 81.6 cm³/mol. The minimum atomic E-state index is -0.443. The highest BCUT2D eigenvalue weighted by Crippen LogP contribution is 2.25. The molecule has 0 saturated carbocycles. The molecule has 0 bridgehead atoms. The average Bonchev–Trinajstić information content (AvgIpc) is 2.43. The number of nitro benzene ring substituents is 1. The summed E-state index contributed by atoms with van der Waals surface area (Å²) in [4.78, 5) is 21.9. The van der Waals surface area contributed by atoms with Crippen LogP contribution in [0.4, 0.5) is 5.69 Å². The third-order valence-electron chi connectivity index (χ3n) is 3.49. The molecular weight excluding hydrogens is 270 g/mol. The lowest BCUT2D eigenvalue weighted by atomic mass is 9.84. The summed E-state index contributed by atoms with van der Waals surface area (Å²) >= 11 is 0. The number of carbonyl (C=O) groups is 1. The Labute approximate surface area is 124 Å². The van der Waals surface area contributed by atoms with Gasteiger partial charge in [-0.05, 0) is 30.4 Å². The summed E-state index contributed by atoms with van der Waals surface area (Å²) in [7, 11) is 0. The SMILES string of the molecule is CC(C)(CCN)CCC(=O)NCc1ccc([N+](=O)[O-])cc1. The second-order valence-electron chi connectivity index (χ2n) is 5.90. The first kappa shape index (κ1) is 17.1. The van der Waals surface area contributed by atoms with Gasteiger partial charge in [0.05, 0.1) is 4.92 Å². The molecule has 21 heavy (non-hydrogen) atoms. The third kappa shape index (κ3) is 6.35. The molecule has 1 aromatic rings. The average molecular weight is 293 g/mol. The van der Waals surface area contributed by atoms with Crippen molar-refractivity contribution in [3.63, 3.8) is 0 Å². The van der Waals surface area contributed by atoms with E-state index in [9.17, 15) is 14.9 Å². The van der Waals surface area contributed by atoms with Gasteiger partial charge in [0.2, 0.25) is 5.91 Å². The van der Waals surface area contributed by atoms with Crippen molar-refractivity contribution < 1.29 is 9.72 Å². The third-order valence-corrected chi connectivity index (χ3v) is 3.49. The van der Waals surface area contributed by atoms with Crippen molar-refractivity contribution >= 4 is 11.6 Å². The van der Waals surface area contributed by atoms with Crippen molar-refractivity contribution in [1.82, 2.24) is 5.32 Å². The van der Waals surface area contributed by atoms with Gasteiger partial charge in [-0.3, -0.25) is 14.9 Å². The number of hydrogen-bond donors (Lipinski definition) is 2. The smallest absolute Gasteiger partial charge is 0.269 e. The van der Waals surface area contributed by atoms with Crippen LogP contribution in [0.1, 0.15) is 38.7 Å². The van der Waals surface area contributed by atoms with E-state index in [0.29, 0.717) is 19.5 Å². The Morgan fingerprint density at radius 3 is 2.43 bits per heavy atom. The normalized spacial score (nSPS) is 11.2. The van der Waals surface area contributed by atoms with Gasteiger partial charge in [0, 0.05) is 25.1 Å². The summed E-state index contributed by atoms with van der Waals surface area (Å²) in [6, 6.07) is 6.17. The van der Waals surface area contributed by atoms with Gasteiger partial charge in [0.25, 0.3) is 5.69 Å². The van der Waals surface area contributed by atoms with Crippen LogP contribution in [0.2, 0.25) is 0 Å². The first-order chi connectivity index (χ1) is 9.84. The van der Waals surface area contributed by atoms with Crippen molar-refractivity contribution in [2.75, 3.05) is 6.54 Å². The molecule has 0 aliphatic heterocycles. The lowest BCUT2D eigenvalue weighted by Crippen LogP contribution is -2.25. The molecule has 0 aromatic heterocycles. The van der Waals surface area contributed by atoms with Gasteiger partial charge >= 0.3 is 0 Å². The lowest BCUT2D eigenvalue weighted by molar-refractivity contribution is -0.384. The molecule has 1 amide bonds. The Hall–Kier alpha value is -1.95. The number of rotatable bonds is 8. The number of non-ortho nitro benzene ring substituents is 1. The molecule has 6 nitrogen and oxygen atoms in total. The van der Waals surface area contributed by atoms with E-state index in [2.05, 4.69) is 19.2 Å². The molecule has 0 atom stereocenters. The van der Waals surface area contributed by atoms with E-state index in [1.807, 2.05) is 0 Å². The minimum Gasteiger partial charge on any atom is -0.352 e. The van der Waals surface area contributed by atoms with Crippen LogP contribution in [0, 0.1) is 15.5 Å². The zero-order chi connectivity index (χ0) is 15.9. The fourth-order valence-corrected chi connectivity index (χ4v) is 1.99. The van der Waals surface area contributed by atoms with E-state index in [0.717, 1.165) is 18.4 Å². The van der Waals surface area contributed by atoms with E-state index in [4.69, 9.17) is 5.73 Å². The zero-order valence-corrected chi connectivity index (χ0v) is 12.6. The molecule has 0 fully saturated rings. The van der Waals surface area contributed by atoms with E-state index in [1.165, 1.54) is 12.1 Å². The molecule has 0 heterocycles. The van der Waals surface area contributed by atoms with Crippen LogP contribution in [0.25, 0.3) is 0 Å². The number of benzene rings is 1. The van der Waals surface area contributed by atoms with Crippen molar-refractivity contribution in [1.29, 1.82) is 0 Å². The monoisotopic (exact) mass is 293 g/mol. The van der Waals surface area contributed by atoms with Gasteiger partial charge in [0.1, 0.15) is 0 Å². The van der Waals surface area contributed by atoms with Crippen LogP contribution in [-0.4, -0.2) is 17.4 Å². The molecule has 1 aromatic carbocycles. The van der Waals surface area contributed by atoms with E-state index < -0.39 is 4.92 Å². The zero-order valence-electron chi connectivity index (χ0n) is 12.6. The standard InChI is InChI=1S/C15H23N3O3/c1-15(2,9-10-16)8-7-14(19)17-11-12-3-5-13(6-4-12)18(20)21/h3-6H,7-11,16H2,1-2H3,(H,17,19). The fraction of sp³-hybridized carbons (Fsp3) is 0.533. The van der Waals surface area contributed by atoms with Crippen molar-refractivity contribution in [2.45, 2.75) is 39.7 Å². The van der Waals surface area contributed by atoms with Crippen LogP contribution in [-0.2, 0) is 11.3 Å². The summed E-state index contributed by atoms with van der Waals surface area (Å²) in [6.45, 7) is 5.21. The Kier molecular flexibility index (Phi) is 6.30. The second-order valence-corrected chi connectivity index (χ2v) is 5.90. The summed E-state index contributed by atoms with van der Waals surface area (Å²) in [5.41, 5.74) is 6.50. The number of nitrogens with one attached hydrogen (secondary N) is 1. The topological polar surface area (TPSA) is 98.3 Å². The molecule has 0 aliphatic rings. The van der Waals surface area contributed by atoms with Crippen molar-refractivity contribution in [2.24, 2.45) is 11.1 Å². The molecule has 6 heteroatoms. The highest BCUT2D eigenvalue weighted by Gasteiger charge is 2.18. The molecule has 0 radical (unpaired) electrons. The van der Waals surface area contributed by atoms with E-state index >= 15 is 0 Å².